The van der Waals surface area contributed by atoms with E-state index in [0.717, 1.165) is 37.8 Å². The van der Waals surface area contributed by atoms with Crippen LogP contribution in [0.4, 0.5) is 0 Å². The lowest BCUT2D eigenvalue weighted by Crippen LogP contribution is -2.38. The molecule has 0 bridgehead atoms. The van der Waals surface area contributed by atoms with Crippen LogP contribution in [0.15, 0.2) is 12.2 Å². The van der Waals surface area contributed by atoms with E-state index in [9.17, 15) is 14.4 Å². The monoisotopic (exact) mass is 328 g/mol. The molecule has 0 radical (unpaired) electrons. The van der Waals surface area contributed by atoms with Crippen molar-refractivity contribution in [3.63, 3.8) is 0 Å². The first-order valence-electron chi connectivity index (χ1n) is 8.08. The number of carbonyl (C=O) groups excluding carboxylic acids is 2. The van der Waals surface area contributed by atoms with Crippen molar-refractivity contribution < 1.29 is 24.6 Å². The number of rotatable bonds is 13. The van der Waals surface area contributed by atoms with Crippen LogP contribution in [0, 0.1) is 0 Å². The van der Waals surface area contributed by atoms with Crippen molar-refractivity contribution in [1.29, 1.82) is 0 Å². The Kier molecular flexibility index (Phi) is 12.6. The fourth-order valence-corrected chi connectivity index (χ4v) is 1.95. The highest BCUT2D eigenvalue weighted by molar-refractivity contribution is 5.93. The summed E-state index contributed by atoms with van der Waals surface area (Å²) in [6.07, 6.45) is 6.31. The van der Waals surface area contributed by atoms with Crippen LogP contribution in [0.2, 0.25) is 0 Å². The molecule has 0 atom stereocenters. The molecule has 7 heteroatoms. The minimum Gasteiger partial charge on any atom is -0.478 e. The van der Waals surface area contributed by atoms with E-state index in [1.165, 1.54) is 0 Å². The van der Waals surface area contributed by atoms with E-state index in [0.29, 0.717) is 25.9 Å². The fraction of sp³-hybridized carbons (Fsp3) is 0.688. The van der Waals surface area contributed by atoms with Crippen LogP contribution in [0.25, 0.3) is 0 Å². The molecule has 23 heavy (non-hydrogen) atoms. The van der Waals surface area contributed by atoms with Gasteiger partial charge < -0.3 is 20.4 Å². The fourth-order valence-electron chi connectivity index (χ4n) is 1.95. The number of aliphatic carboxylic acids is 1. The van der Waals surface area contributed by atoms with Crippen LogP contribution in [0.3, 0.4) is 0 Å². The van der Waals surface area contributed by atoms with Gasteiger partial charge in [-0.1, -0.05) is 19.8 Å². The van der Waals surface area contributed by atoms with Crippen LogP contribution in [-0.4, -0.2) is 59.1 Å². The highest BCUT2D eigenvalue weighted by Crippen LogP contribution is 2.04. The number of carboxylic acid groups (broad SMARTS) is 1. The largest absolute Gasteiger partial charge is 0.478 e. The molecule has 7 nitrogen and oxygen atoms in total. The Balaban J connectivity index is 4.19. The van der Waals surface area contributed by atoms with Gasteiger partial charge in [0.15, 0.2) is 0 Å². The minimum absolute atomic E-state index is 0.0479. The number of amides is 2. The van der Waals surface area contributed by atoms with E-state index in [2.05, 4.69) is 5.32 Å². The van der Waals surface area contributed by atoms with Gasteiger partial charge in [0.05, 0.1) is 0 Å². The van der Waals surface area contributed by atoms with E-state index >= 15 is 0 Å². The predicted octanol–water partition coefficient (Wildman–Crippen LogP) is 0.925. The summed E-state index contributed by atoms with van der Waals surface area (Å²) in [6, 6.07) is 0. The zero-order valence-corrected chi connectivity index (χ0v) is 13.8. The Bertz CT molecular complexity index is 396. The molecular formula is C16H28N2O5. The van der Waals surface area contributed by atoms with Crippen molar-refractivity contribution in [2.24, 2.45) is 0 Å². The molecule has 0 aliphatic heterocycles. The topological polar surface area (TPSA) is 107 Å². The van der Waals surface area contributed by atoms with E-state index < -0.39 is 11.9 Å². The summed E-state index contributed by atoms with van der Waals surface area (Å²) in [7, 11) is 0. The minimum atomic E-state index is -1.18. The SMILES string of the molecule is CCCCN(CCNC(=O)/C=C/C(=O)O)C(=O)CCCCCO. The van der Waals surface area contributed by atoms with Crippen LogP contribution in [0.5, 0.6) is 0 Å². The number of carboxylic acids is 1. The Hall–Kier alpha value is -1.89. The predicted molar refractivity (Wildman–Crippen MR) is 86.8 cm³/mol. The molecule has 132 valence electrons. The third-order valence-electron chi connectivity index (χ3n) is 3.24. The standard InChI is InChI=1S/C16H28N2O5/c1-2-3-11-18(15(21)7-5-4-6-13-19)12-10-17-14(20)8-9-16(22)23/h8-9,19H,2-7,10-13H2,1H3,(H,17,20)(H,22,23)/b9-8+. The smallest absolute Gasteiger partial charge is 0.328 e. The van der Waals surface area contributed by atoms with Gasteiger partial charge in [-0.3, -0.25) is 9.59 Å². The summed E-state index contributed by atoms with van der Waals surface area (Å²) in [6.45, 7) is 3.53. The number of aliphatic hydroxyl groups is 1. The van der Waals surface area contributed by atoms with Gasteiger partial charge in [0, 0.05) is 44.8 Å². The average Bonchev–Trinajstić information content (AvgIpc) is 2.52. The van der Waals surface area contributed by atoms with Crippen LogP contribution >= 0.6 is 0 Å². The molecule has 0 aromatic rings. The maximum absolute atomic E-state index is 12.2. The number of nitrogens with zero attached hydrogens (tertiary/aromatic N) is 1. The quantitative estimate of drug-likeness (QED) is 0.344. The molecular weight excluding hydrogens is 300 g/mol. The van der Waals surface area contributed by atoms with Crippen molar-refractivity contribution in [2.45, 2.75) is 45.4 Å². The van der Waals surface area contributed by atoms with Gasteiger partial charge in [-0.05, 0) is 19.3 Å². The number of nitrogens with one attached hydrogen (secondary N) is 1. The number of hydrogen-bond donors (Lipinski definition) is 3. The van der Waals surface area contributed by atoms with Crippen molar-refractivity contribution in [3.8, 4) is 0 Å². The summed E-state index contributed by atoms with van der Waals surface area (Å²) in [5.41, 5.74) is 0. The summed E-state index contributed by atoms with van der Waals surface area (Å²) in [5.74, 6) is -1.62. The number of carbonyl (C=O) groups is 3. The van der Waals surface area contributed by atoms with E-state index in [4.69, 9.17) is 10.2 Å². The van der Waals surface area contributed by atoms with Gasteiger partial charge in [0.25, 0.3) is 0 Å². The maximum atomic E-state index is 12.2. The summed E-state index contributed by atoms with van der Waals surface area (Å²) >= 11 is 0. The number of aliphatic hydroxyl groups excluding tert-OH is 1. The van der Waals surface area contributed by atoms with Gasteiger partial charge in [0.2, 0.25) is 11.8 Å². The molecule has 0 saturated heterocycles. The van der Waals surface area contributed by atoms with Gasteiger partial charge in [0.1, 0.15) is 0 Å². The van der Waals surface area contributed by atoms with Crippen LogP contribution in [0.1, 0.15) is 45.4 Å². The van der Waals surface area contributed by atoms with Crippen molar-refractivity contribution in [1.82, 2.24) is 10.2 Å². The molecule has 0 fully saturated rings. The van der Waals surface area contributed by atoms with Gasteiger partial charge in [-0.2, -0.15) is 0 Å². The Morgan fingerprint density at radius 2 is 1.78 bits per heavy atom. The molecule has 0 heterocycles. The summed E-state index contributed by atoms with van der Waals surface area (Å²) in [4.78, 5) is 35.6. The van der Waals surface area contributed by atoms with Crippen molar-refractivity contribution >= 4 is 17.8 Å². The maximum Gasteiger partial charge on any atom is 0.328 e. The highest BCUT2D eigenvalue weighted by atomic mass is 16.4. The molecule has 0 unspecified atom stereocenters. The zero-order chi connectivity index (χ0) is 17.5. The second kappa shape index (κ2) is 13.8. The molecule has 0 aromatic heterocycles. The molecule has 0 aliphatic carbocycles. The van der Waals surface area contributed by atoms with E-state index in [1.54, 1.807) is 4.90 Å². The first-order valence-corrected chi connectivity index (χ1v) is 8.08. The molecule has 2 amide bonds. The first-order chi connectivity index (χ1) is 11.0. The van der Waals surface area contributed by atoms with Crippen LogP contribution < -0.4 is 5.32 Å². The van der Waals surface area contributed by atoms with Gasteiger partial charge in [-0.25, -0.2) is 4.79 Å². The summed E-state index contributed by atoms with van der Waals surface area (Å²) < 4.78 is 0. The van der Waals surface area contributed by atoms with E-state index in [-0.39, 0.29) is 19.1 Å². The molecule has 3 N–H and O–H groups in total. The molecule has 0 aromatic carbocycles. The molecule has 0 spiro atoms. The lowest BCUT2D eigenvalue weighted by Gasteiger charge is -2.22. The third kappa shape index (κ3) is 12.3. The normalized spacial score (nSPS) is 10.7. The second-order valence-electron chi connectivity index (χ2n) is 5.23. The summed E-state index contributed by atoms with van der Waals surface area (Å²) in [5, 5.41) is 19.7. The Labute approximate surface area is 137 Å². The van der Waals surface area contributed by atoms with Crippen molar-refractivity contribution in [2.75, 3.05) is 26.2 Å². The molecule has 0 saturated carbocycles. The zero-order valence-electron chi connectivity index (χ0n) is 13.8. The second-order valence-corrected chi connectivity index (χ2v) is 5.23. The Morgan fingerprint density at radius 1 is 1.04 bits per heavy atom. The lowest BCUT2D eigenvalue weighted by atomic mass is 10.2. The average molecular weight is 328 g/mol. The van der Waals surface area contributed by atoms with E-state index in [1.807, 2.05) is 6.92 Å². The first kappa shape index (κ1) is 21.1. The third-order valence-corrected chi connectivity index (χ3v) is 3.24. The highest BCUT2D eigenvalue weighted by Gasteiger charge is 2.12. The molecule has 0 rings (SSSR count). The van der Waals surface area contributed by atoms with Gasteiger partial charge >= 0.3 is 5.97 Å². The van der Waals surface area contributed by atoms with Crippen LogP contribution in [-0.2, 0) is 14.4 Å². The van der Waals surface area contributed by atoms with Crippen molar-refractivity contribution in [3.05, 3.63) is 12.2 Å². The lowest BCUT2D eigenvalue weighted by molar-refractivity contribution is -0.132. The van der Waals surface area contributed by atoms with Gasteiger partial charge in [-0.15, -0.1) is 0 Å². The molecule has 0 aliphatic rings. The Morgan fingerprint density at radius 3 is 2.39 bits per heavy atom. The number of unbranched alkanes of at least 4 members (excludes halogenated alkanes) is 3. The number of hydrogen-bond acceptors (Lipinski definition) is 4.